The molecule has 0 bridgehead atoms. The Kier molecular flexibility index (Phi) is 7.04. The molecule has 0 aromatic heterocycles. The van der Waals surface area contributed by atoms with Gasteiger partial charge in [0.15, 0.2) is 6.29 Å². The number of hydrogen-bond donors (Lipinski definition) is 1. The predicted octanol–water partition coefficient (Wildman–Crippen LogP) is 1.44. The van der Waals surface area contributed by atoms with Crippen LogP contribution in [-0.2, 0) is 9.47 Å². The first-order chi connectivity index (χ1) is 8.17. The number of nitrogens with two attached hydrogens (primary N) is 1. The molecule has 0 saturated carbocycles. The van der Waals surface area contributed by atoms with Crippen molar-refractivity contribution in [2.45, 2.75) is 45.9 Å². The number of ether oxygens (including phenoxy) is 2. The third-order valence-electron chi connectivity index (χ3n) is 3.44. The van der Waals surface area contributed by atoms with Gasteiger partial charge in [-0.25, -0.2) is 0 Å². The fourth-order valence-electron chi connectivity index (χ4n) is 2.37. The maximum atomic E-state index is 5.94. The van der Waals surface area contributed by atoms with Gasteiger partial charge in [0.2, 0.25) is 0 Å². The molecule has 0 aliphatic carbocycles. The van der Waals surface area contributed by atoms with Gasteiger partial charge in [0.25, 0.3) is 0 Å². The van der Waals surface area contributed by atoms with E-state index in [9.17, 15) is 0 Å². The zero-order valence-corrected chi connectivity index (χ0v) is 11.5. The molecule has 1 fully saturated rings. The summed E-state index contributed by atoms with van der Waals surface area (Å²) >= 11 is 0. The van der Waals surface area contributed by atoms with Crippen LogP contribution in [0.15, 0.2) is 0 Å². The molecule has 0 amide bonds. The van der Waals surface area contributed by atoms with Crippen molar-refractivity contribution in [2.24, 2.45) is 11.7 Å². The zero-order valence-electron chi connectivity index (χ0n) is 11.5. The molecule has 1 saturated heterocycles. The van der Waals surface area contributed by atoms with Gasteiger partial charge in [0, 0.05) is 38.8 Å². The second-order valence-corrected chi connectivity index (χ2v) is 4.84. The van der Waals surface area contributed by atoms with E-state index in [2.05, 4.69) is 11.8 Å². The van der Waals surface area contributed by atoms with Gasteiger partial charge in [-0.05, 0) is 39.7 Å². The lowest BCUT2D eigenvalue weighted by atomic mass is 10.0. The topological polar surface area (TPSA) is 47.7 Å². The van der Waals surface area contributed by atoms with Crippen molar-refractivity contribution >= 4 is 0 Å². The average molecular weight is 244 g/mol. The second kappa shape index (κ2) is 8.03. The smallest absolute Gasteiger partial charge is 0.158 e. The van der Waals surface area contributed by atoms with Crippen molar-refractivity contribution in [3.05, 3.63) is 0 Å². The van der Waals surface area contributed by atoms with Crippen LogP contribution in [0.5, 0.6) is 0 Å². The molecule has 2 N–H and O–H groups in total. The van der Waals surface area contributed by atoms with E-state index in [0.717, 1.165) is 26.1 Å². The van der Waals surface area contributed by atoms with E-state index < -0.39 is 0 Å². The molecule has 1 aliphatic heterocycles. The predicted molar refractivity (Wildman–Crippen MR) is 69.9 cm³/mol. The highest BCUT2D eigenvalue weighted by molar-refractivity contribution is 4.80. The van der Waals surface area contributed by atoms with Crippen molar-refractivity contribution in [1.82, 2.24) is 4.90 Å². The third-order valence-corrected chi connectivity index (χ3v) is 3.44. The molecule has 17 heavy (non-hydrogen) atoms. The molecule has 2 atom stereocenters. The quantitative estimate of drug-likeness (QED) is 0.656. The van der Waals surface area contributed by atoms with Gasteiger partial charge in [-0.1, -0.05) is 0 Å². The molecule has 102 valence electrons. The van der Waals surface area contributed by atoms with Crippen molar-refractivity contribution in [3.63, 3.8) is 0 Å². The Morgan fingerprint density at radius 2 is 1.94 bits per heavy atom. The lowest BCUT2D eigenvalue weighted by Gasteiger charge is -2.21. The summed E-state index contributed by atoms with van der Waals surface area (Å²) in [6.45, 7) is 10.9. The molecule has 1 rings (SSSR count). The average Bonchev–Trinajstić information content (AvgIpc) is 2.75. The van der Waals surface area contributed by atoms with E-state index in [0.29, 0.717) is 25.2 Å². The summed E-state index contributed by atoms with van der Waals surface area (Å²) in [6.07, 6.45) is 2.14. The lowest BCUT2D eigenvalue weighted by Crippen LogP contribution is -2.31. The van der Waals surface area contributed by atoms with Gasteiger partial charge in [-0.3, -0.25) is 0 Å². The Hall–Kier alpha value is -0.160. The summed E-state index contributed by atoms with van der Waals surface area (Å²) < 4.78 is 11.1. The highest BCUT2D eigenvalue weighted by atomic mass is 16.7. The second-order valence-electron chi connectivity index (χ2n) is 4.84. The molecule has 0 spiro atoms. The summed E-state index contributed by atoms with van der Waals surface area (Å²) in [5, 5.41) is 0. The summed E-state index contributed by atoms with van der Waals surface area (Å²) in [6, 6.07) is 0.314. The Bertz CT molecular complexity index is 194. The van der Waals surface area contributed by atoms with Crippen LogP contribution in [0.25, 0.3) is 0 Å². The number of rotatable bonds is 8. The lowest BCUT2D eigenvalue weighted by molar-refractivity contribution is -0.141. The van der Waals surface area contributed by atoms with Crippen LogP contribution in [0.2, 0.25) is 0 Å². The maximum Gasteiger partial charge on any atom is 0.158 e. The normalized spacial score (nSPS) is 23.5. The SMILES string of the molecule is CCOC(CCN1CCC(C(C)N)C1)OCC. The maximum absolute atomic E-state index is 5.94. The van der Waals surface area contributed by atoms with Crippen LogP contribution >= 0.6 is 0 Å². The first-order valence-electron chi connectivity index (χ1n) is 6.88. The van der Waals surface area contributed by atoms with Crippen LogP contribution in [0.1, 0.15) is 33.6 Å². The minimum Gasteiger partial charge on any atom is -0.353 e. The van der Waals surface area contributed by atoms with Crippen molar-refractivity contribution in [3.8, 4) is 0 Å². The third kappa shape index (κ3) is 5.34. The Balaban J connectivity index is 2.21. The summed E-state index contributed by atoms with van der Waals surface area (Å²) in [5.41, 5.74) is 5.94. The van der Waals surface area contributed by atoms with Gasteiger partial charge >= 0.3 is 0 Å². The van der Waals surface area contributed by atoms with E-state index in [1.807, 2.05) is 13.8 Å². The molecule has 4 nitrogen and oxygen atoms in total. The van der Waals surface area contributed by atoms with Crippen LogP contribution in [0.4, 0.5) is 0 Å². The molecule has 2 unspecified atom stereocenters. The molecule has 0 aromatic carbocycles. The Labute approximate surface area is 105 Å². The van der Waals surface area contributed by atoms with Gasteiger partial charge < -0.3 is 20.1 Å². The van der Waals surface area contributed by atoms with E-state index in [1.165, 1.54) is 6.42 Å². The first-order valence-corrected chi connectivity index (χ1v) is 6.88. The Morgan fingerprint density at radius 3 is 2.41 bits per heavy atom. The minimum absolute atomic E-state index is 0.0423. The minimum atomic E-state index is -0.0423. The van der Waals surface area contributed by atoms with Gasteiger partial charge in [0.1, 0.15) is 0 Å². The van der Waals surface area contributed by atoms with Crippen LogP contribution < -0.4 is 5.73 Å². The van der Waals surface area contributed by atoms with E-state index in [-0.39, 0.29) is 6.29 Å². The number of likely N-dealkylation sites (tertiary alicyclic amines) is 1. The van der Waals surface area contributed by atoms with Gasteiger partial charge in [-0.15, -0.1) is 0 Å². The monoisotopic (exact) mass is 244 g/mol. The summed E-state index contributed by atoms with van der Waals surface area (Å²) in [5.74, 6) is 0.660. The summed E-state index contributed by atoms with van der Waals surface area (Å²) in [7, 11) is 0. The van der Waals surface area contributed by atoms with Crippen molar-refractivity contribution < 1.29 is 9.47 Å². The van der Waals surface area contributed by atoms with E-state index >= 15 is 0 Å². The molecular formula is C13H28N2O2. The molecule has 0 aromatic rings. The zero-order chi connectivity index (χ0) is 12.7. The highest BCUT2D eigenvalue weighted by Crippen LogP contribution is 2.19. The van der Waals surface area contributed by atoms with E-state index in [4.69, 9.17) is 15.2 Å². The molecule has 0 radical (unpaired) electrons. The standard InChI is InChI=1S/C13H28N2O2/c1-4-16-13(17-5-2)7-9-15-8-6-12(10-15)11(3)14/h11-13H,4-10,14H2,1-3H3. The fraction of sp³-hybridized carbons (Fsp3) is 1.00. The van der Waals surface area contributed by atoms with Crippen LogP contribution in [-0.4, -0.2) is 50.1 Å². The van der Waals surface area contributed by atoms with E-state index in [1.54, 1.807) is 0 Å². The van der Waals surface area contributed by atoms with Crippen LogP contribution in [0, 0.1) is 5.92 Å². The largest absolute Gasteiger partial charge is 0.353 e. The number of hydrogen-bond acceptors (Lipinski definition) is 4. The molecule has 1 heterocycles. The van der Waals surface area contributed by atoms with Gasteiger partial charge in [-0.2, -0.15) is 0 Å². The molecule has 4 heteroatoms. The first kappa shape index (κ1) is 14.9. The highest BCUT2D eigenvalue weighted by Gasteiger charge is 2.25. The molecular weight excluding hydrogens is 216 g/mol. The fourth-order valence-corrected chi connectivity index (χ4v) is 2.37. The molecule has 1 aliphatic rings. The summed E-state index contributed by atoms with van der Waals surface area (Å²) in [4.78, 5) is 2.47. The van der Waals surface area contributed by atoms with Gasteiger partial charge in [0.05, 0.1) is 0 Å². The number of nitrogens with zero attached hydrogens (tertiary/aromatic N) is 1. The van der Waals surface area contributed by atoms with Crippen molar-refractivity contribution in [2.75, 3.05) is 32.8 Å². The van der Waals surface area contributed by atoms with Crippen molar-refractivity contribution in [1.29, 1.82) is 0 Å². The van der Waals surface area contributed by atoms with Crippen LogP contribution in [0.3, 0.4) is 0 Å². The Morgan fingerprint density at radius 1 is 1.29 bits per heavy atom.